The first-order chi connectivity index (χ1) is 7.08. The molecule has 0 amide bonds. The van der Waals surface area contributed by atoms with Crippen molar-refractivity contribution >= 4 is 18.4 Å². The van der Waals surface area contributed by atoms with Crippen LogP contribution in [0.2, 0.25) is 0 Å². The lowest BCUT2D eigenvalue weighted by Gasteiger charge is -2.40. The van der Waals surface area contributed by atoms with Crippen LogP contribution in [0.25, 0.3) is 0 Å². The molecule has 0 spiro atoms. The van der Waals surface area contributed by atoms with Crippen LogP contribution in [0.1, 0.15) is 19.8 Å². The fourth-order valence-corrected chi connectivity index (χ4v) is 2.30. The van der Waals surface area contributed by atoms with E-state index in [4.69, 9.17) is 0 Å². The van der Waals surface area contributed by atoms with Crippen LogP contribution in [0.4, 0.5) is 8.78 Å². The number of hydrogen-bond donors (Lipinski definition) is 1. The van der Waals surface area contributed by atoms with Crippen molar-refractivity contribution in [1.29, 1.82) is 0 Å². The third kappa shape index (κ3) is 2.63. The molecule has 0 saturated carbocycles. The highest BCUT2D eigenvalue weighted by atomic mass is 35.5. The van der Waals surface area contributed by atoms with Crippen molar-refractivity contribution in [1.82, 2.24) is 5.32 Å². The number of nitrogens with one attached hydrogen (secondary N) is 1. The zero-order chi connectivity index (χ0) is 11.5. The molecule has 0 radical (unpaired) electrons. The Morgan fingerprint density at radius 1 is 1.62 bits per heavy atom. The predicted octanol–water partition coefficient (Wildman–Crippen LogP) is 1.85. The molecular weight excluding hydrogens is 240 g/mol. The number of alkyl halides is 2. The summed E-state index contributed by atoms with van der Waals surface area (Å²) in [5, 5.41) is 2.99. The van der Waals surface area contributed by atoms with Crippen LogP contribution in [-0.4, -0.2) is 32.6 Å². The molecule has 3 nitrogen and oxygen atoms in total. The third-order valence-electron chi connectivity index (χ3n) is 3.31. The van der Waals surface area contributed by atoms with Crippen LogP contribution in [-0.2, 0) is 9.53 Å². The Balaban J connectivity index is 0.00000225. The molecule has 1 aliphatic heterocycles. The van der Waals surface area contributed by atoms with Crippen molar-refractivity contribution in [2.75, 3.05) is 20.2 Å². The summed E-state index contributed by atoms with van der Waals surface area (Å²) in [6.45, 7) is 2.57. The lowest BCUT2D eigenvalue weighted by atomic mass is 9.69. The maximum Gasteiger partial charge on any atom is 0.313 e. The van der Waals surface area contributed by atoms with E-state index in [1.165, 1.54) is 7.11 Å². The number of halogens is 3. The van der Waals surface area contributed by atoms with Gasteiger partial charge in [-0.1, -0.05) is 6.92 Å². The van der Waals surface area contributed by atoms with Gasteiger partial charge in [0.1, 0.15) is 0 Å². The van der Waals surface area contributed by atoms with E-state index < -0.39 is 23.7 Å². The summed E-state index contributed by atoms with van der Waals surface area (Å²) in [6, 6.07) is 0. The van der Waals surface area contributed by atoms with Gasteiger partial charge in [0.15, 0.2) is 0 Å². The molecule has 1 heterocycles. The number of esters is 1. The van der Waals surface area contributed by atoms with Gasteiger partial charge in [0.05, 0.1) is 12.5 Å². The second-order valence-corrected chi connectivity index (χ2v) is 3.91. The molecule has 1 N–H and O–H groups in total. The quantitative estimate of drug-likeness (QED) is 0.785. The first kappa shape index (κ1) is 15.6. The molecule has 1 aliphatic rings. The van der Waals surface area contributed by atoms with Gasteiger partial charge in [-0.05, 0) is 19.4 Å². The SMILES string of the molecule is CCC1(C(=O)OC)CNCCC1C(F)F.Cl. The third-order valence-corrected chi connectivity index (χ3v) is 3.31. The standard InChI is InChI=1S/C10H17F2NO2.ClH/c1-3-10(9(14)15-2)6-13-5-4-7(10)8(11)12;/h7-8,13H,3-6H2,1-2H3;1H. The monoisotopic (exact) mass is 257 g/mol. The molecule has 1 saturated heterocycles. The minimum absolute atomic E-state index is 0. The summed E-state index contributed by atoms with van der Waals surface area (Å²) < 4.78 is 30.4. The Morgan fingerprint density at radius 2 is 2.25 bits per heavy atom. The maximum absolute atomic E-state index is 12.9. The number of methoxy groups -OCH3 is 1. The summed E-state index contributed by atoms with van der Waals surface area (Å²) >= 11 is 0. The van der Waals surface area contributed by atoms with Gasteiger partial charge in [-0.3, -0.25) is 4.79 Å². The van der Waals surface area contributed by atoms with Gasteiger partial charge >= 0.3 is 5.97 Å². The minimum Gasteiger partial charge on any atom is -0.469 e. The van der Waals surface area contributed by atoms with E-state index in [0.29, 0.717) is 19.4 Å². The molecule has 0 bridgehead atoms. The summed E-state index contributed by atoms with van der Waals surface area (Å²) in [6.07, 6.45) is -1.77. The molecule has 96 valence electrons. The van der Waals surface area contributed by atoms with Crippen molar-refractivity contribution in [3.8, 4) is 0 Å². The number of carbonyl (C=O) groups excluding carboxylic acids is 1. The van der Waals surface area contributed by atoms with Crippen LogP contribution < -0.4 is 5.32 Å². The topological polar surface area (TPSA) is 38.3 Å². The second-order valence-electron chi connectivity index (χ2n) is 3.91. The molecule has 1 fully saturated rings. The smallest absolute Gasteiger partial charge is 0.313 e. The Kier molecular flexibility index (Phi) is 6.18. The van der Waals surface area contributed by atoms with E-state index in [1.807, 2.05) is 0 Å². The average Bonchev–Trinajstić information content (AvgIpc) is 2.27. The number of hydrogen-bond acceptors (Lipinski definition) is 3. The highest BCUT2D eigenvalue weighted by Gasteiger charge is 2.50. The Hall–Kier alpha value is -0.420. The highest BCUT2D eigenvalue weighted by Crippen LogP contribution is 2.40. The van der Waals surface area contributed by atoms with Gasteiger partial charge in [-0.15, -0.1) is 12.4 Å². The van der Waals surface area contributed by atoms with Gasteiger partial charge in [0, 0.05) is 12.5 Å². The summed E-state index contributed by atoms with van der Waals surface area (Å²) in [7, 11) is 1.25. The van der Waals surface area contributed by atoms with Gasteiger partial charge in [0.2, 0.25) is 6.43 Å². The van der Waals surface area contributed by atoms with Gasteiger partial charge in [-0.25, -0.2) is 8.78 Å². The van der Waals surface area contributed by atoms with Crippen LogP contribution in [0.5, 0.6) is 0 Å². The lowest BCUT2D eigenvalue weighted by Crippen LogP contribution is -2.53. The molecule has 2 atom stereocenters. The number of rotatable bonds is 3. The maximum atomic E-state index is 12.9. The van der Waals surface area contributed by atoms with E-state index in [9.17, 15) is 13.6 Å². The first-order valence-corrected chi connectivity index (χ1v) is 5.15. The van der Waals surface area contributed by atoms with Crippen molar-refractivity contribution in [2.24, 2.45) is 11.3 Å². The second kappa shape index (κ2) is 6.35. The van der Waals surface area contributed by atoms with E-state index in [-0.39, 0.29) is 19.0 Å². The van der Waals surface area contributed by atoms with E-state index in [1.54, 1.807) is 6.92 Å². The molecule has 0 aromatic carbocycles. The zero-order valence-electron chi connectivity index (χ0n) is 9.46. The molecule has 0 aliphatic carbocycles. The largest absolute Gasteiger partial charge is 0.469 e. The van der Waals surface area contributed by atoms with Crippen molar-refractivity contribution in [3.05, 3.63) is 0 Å². The van der Waals surface area contributed by atoms with Crippen LogP contribution in [0, 0.1) is 11.3 Å². The number of carbonyl (C=O) groups is 1. The van der Waals surface area contributed by atoms with Gasteiger partial charge in [0.25, 0.3) is 0 Å². The zero-order valence-corrected chi connectivity index (χ0v) is 10.3. The van der Waals surface area contributed by atoms with Crippen LogP contribution in [0.3, 0.4) is 0 Å². The van der Waals surface area contributed by atoms with E-state index >= 15 is 0 Å². The summed E-state index contributed by atoms with van der Waals surface area (Å²) in [5.41, 5.74) is -1.05. The van der Waals surface area contributed by atoms with Crippen molar-refractivity contribution in [2.45, 2.75) is 26.2 Å². The minimum atomic E-state index is -2.47. The first-order valence-electron chi connectivity index (χ1n) is 5.15. The molecule has 0 aromatic rings. The normalized spacial score (nSPS) is 29.7. The predicted molar refractivity (Wildman–Crippen MR) is 59.0 cm³/mol. The fraction of sp³-hybridized carbons (Fsp3) is 0.900. The lowest BCUT2D eigenvalue weighted by molar-refractivity contribution is -0.164. The molecule has 6 heteroatoms. The average molecular weight is 258 g/mol. The fourth-order valence-electron chi connectivity index (χ4n) is 2.30. The van der Waals surface area contributed by atoms with Crippen molar-refractivity contribution < 1.29 is 18.3 Å². The molecule has 1 rings (SSSR count). The van der Waals surface area contributed by atoms with Crippen LogP contribution in [0.15, 0.2) is 0 Å². The van der Waals surface area contributed by atoms with Gasteiger partial charge in [-0.2, -0.15) is 0 Å². The van der Waals surface area contributed by atoms with Gasteiger partial charge < -0.3 is 10.1 Å². The van der Waals surface area contributed by atoms with E-state index in [2.05, 4.69) is 10.1 Å². The molecular formula is C10H18ClF2NO2. The Morgan fingerprint density at radius 3 is 2.69 bits per heavy atom. The Labute approximate surface area is 100 Å². The number of piperidine rings is 1. The highest BCUT2D eigenvalue weighted by molar-refractivity contribution is 5.85. The molecule has 2 unspecified atom stereocenters. The molecule has 16 heavy (non-hydrogen) atoms. The summed E-state index contributed by atoms with van der Waals surface area (Å²) in [5.74, 6) is -1.42. The van der Waals surface area contributed by atoms with Crippen LogP contribution >= 0.6 is 12.4 Å². The number of ether oxygens (including phenoxy) is 1. The summed E-state index contributed by atoms with van der Waals surface area (Å²) in [4.78, 5) is 11.6. The Bertz CT molecular complexity index is 241. The molecule has 0 aromatic heterocycles. The van der Waals surface area contributed by atoms with Crippen molar-refractivity contribution in [3.63, 3.8) is 0 Å². The van der Waals surface area contributed by atoms with E-state index in [0.717, 1.165) is 0 Å².